The lowest BCUT2D eigenvalue weighted by atomic mass is 10.0. The van der Waals surface area contributed by atoms with Crippen molar-refractivity contribution in [2.75, 3.05) is 6.61 Å². The summed E-state index contributed by atoms with van der Waals surface area (Å²) in [5.74, 6) is -0.161. The van der Waals surface area contributed by atoms with Gasteiger partial charge in [-0.25, -0.2) is 0 Å². The maximum atomic E-state index is 12.4. The molecule has 52 heavy (non-hydrogen) atoms. The van der Waals surface area contributed by atoms with Gasteiger partial charge in [-0.3, -0.25) is 4.79 Å². The van der Waals surface area contributed by atoms with Crippen LogP contribution in [0.4, 0.5) is 0 Å². The van der Waals surface area contributed by atoms with Crippen molar-refractivity contribution in [3.05, 3.63) is 36.5 Å². The molecule has 0 aromatic heterocycles. The first-order chi connectivity index (χ1) is 25.6. The van der Waals surface area contributed by atoms with Crippen LogP contribution in [-0.2, 0) is 4.79 Å². The van der Waals surface area contributed by atoms with Crippen molar-refractivity contribution >= 4 is 5.91 Å². The molecule has 0 bridgehead atoms. The van der Waals surface area contributed by atoms with E-state index in [1.54, 1.807) is 0 Å². The number of hydrogen-bond donors (Lipinski definition) is 4. The third-order valence-corrected chi connectivity index (χ3v) is 10.4. The number of carbonyl (C=O) groups is 1. The average Bonchev–Trinajstić information content (AvgIpc) is 3.15. The summed E-state index contributed by atoms with van der Waals surface area (Å²) < 4.78 is 0. The fraction of sp³-hybridized carbons (Fsp3) is 0.851. The minimum atomic E-state index is -1.17. The van der Waals surface area contributed by atoms with E-state index in [1.807, 2.05) is 0 Å². The predicted molar refractivity (Wildman–Crippen MR) is 227 cm³/mol. The van der Waals surface area contributed by atoms with Gasteiger partial charge in [-0.1, -0.05) is 185 Å². The molecular formula is C47H89NO4. The molecule has 306 valence electrons. The van der Waals surface area contributed by atoms with Gasteiger partial charge >= 0.3 is 0 Å². The van der Waals surface area contributed by atoms with Crippen molar-refractivity contribution in [1.82, 2.24) is 5.32 Å². The molecule has 0 heterocycles. The lowest BCUT2D eigenvalue weighted by Gasteiger charge is -2.26. The van der Waals surface area contributed by atoms with Crippen LogP contribution in [0.15, 0.2) is 36.5 Å². The van der Waals surface area contributed by atoms with E-state index >= 15 is 0 Å². The van der Waals surface area contributed by atoms with E-state index in [2.05, 4.69) is 55.6 Å². The Bertz CT molecular complexity index is 809. The van der Waals surface area contributed by atoms with Crippen LogP contribution in [0, 0.1) is 0 Å². The smallest absolute Gasteiger partial charge is 0.220 e. The second kappa shape index (κ2) is 42.3. The van der Waals surface area contributed by atoms with Crippen LogP contribution in [0.25, 0.3) is 0 Å². The van der Waals surface area contributed by atoms with E-state index in [1.165, 1.54) is 161 Å². The maximum Gasteiger partial charge on any atom is 0.220 e. The van der Waals surface area contributed by atoms with E-state index in [0.29, 0.717) is 12.8 Å². The molecule has 0 aromatic rings. The van der Waals surface area contributed by atoms with Crippen LogP contribution in [0.1, 0.15) is 232 Å². The maximum absolute atomic E-state index is 12.4. The van der Waals surface area contributed by atoms with Crippen LogP contribution < -0.4 is 5.32 Å². The van der Waals surface area contributed by atoms with Crippen molar-refractivity contribution in [2.45, 2.75) is 250 Å². The van der Waals surface area contributed by atoms with E-state index < -0.39 is 18.2 Å². The van der Waals surface area contributed by atoms with Crippen molar-refractivity contribution in [1.29, 1.82) is 0 Å². The Labute approximate surface area is 324 Å². The molecule has 5 heteroatoms. The van der Waals surface area contributed by atoms with E-state index in [9.17, 15) is 20.1 Å². The zero-order chi connectivity index (χ0) is 38.0. The van der Waals surface area contributed by atoms with Crippen molar-refractivity contribution in [3.63, 3.8) is 0 Å². The molecule has 0 radical (unpaired) electrons. The zero-order valence-electron chi connectivity index (χ0n) is 34.7. The quantitative estimate of drug-likeness (QED) is 0.0372. The Morgan fingerprint density at radius 3 is 1.17 bits per heavy atom. The molecule has 0 aliphatic rings. The summed E-state index contributed by atoms with van der Waals surface area (Å²) in [6, 6.07) is -0.833. The van der Waals surface area contributed by atoms with Gasteiger partial charge in [0.1, 0.15) is 6.10 Å². The minimum Gasteiger partial charge on any atom is -0.394 e. The highest BCUT2D eigenvalue weighted by molar-refractivity contribution is 5.76. The molecule has 0 spiro atoms. The first-order valence-electron chi connectivity index (χ1n) is 22.8. The summed E-state index contributed by atoms with van der Waals surface area (Å²) in [4.78, 5) is 12.4. The molecule has 0 aliphatic heterocycles. The fourth-order valence-electron chi connectivity index (χ4n) is 6.88. The number of aliphatic hydroxyl groups excluding tert-OH is 3. The molecule has 0 saturated carbocycles. The van der Waals surface area contributed by atoms with Gasteiger partial charge < -0.3 is 20.6 Å². The molecular weight excluding hydrogens is 643 g/mol. The van der Waals surface area contributed by atoms with Gasteiger partial charge in [0.15, 0.2) is 0 Å². The number of unbranched alkanes of at least 4 members (excludes halogenated alkanes) is 27. The standard InChI is InChI=1S/C47H89NO4/c1-3-5-7-9-11-13-15-17-19-20-21-22-23-24-25-26-27-28-30-32-34-36-38-40-42-46(51)48-44(43-49)47(52)45(50)41-39-37-35-33-31-29-18-16-14-12-10-8-6-4-2/h16,18,24-25,33,35,44-45,47,49-50,52H,3-15,17,19-23,26-32,34,36-43H2,1-2H3,(H,48,51)/b18-16+,25-24-,35-33+. The Morgan fingerprint density at radius 2 is 0.788 bits per heavy atom. The second-order valence-electron chi connectivity index (χ2n) is 15.6. The Hall–Kier alpha value is -1.43. The summed E-state index contributed by atoms with van der Waals surface area (Å²) >= 11 is 0. The SMILES string of the molecule is CCCCCCC/C=C/CC/C=C/CCCC(O)C(O)C(CO)NC(=O)CCCCCCCCCC/C=C\CCCCCCCCCCCCCC. The summed E-state index contributed by atoms with van der Waals surface area (Å²) in [5, 5.41) is 33.5. The number of amides is 1. The fourth-order valence-corrected chi connectivity index (χ4v) is 6.88. The average molecular weight is 732 g/mol. The monoisotopic (exact) mass is 732 g/mol. The van der Waals surface area contributed by atoms with Gasteiger partial charge in [0.25, 0.3) is 0 Å². The molecule has 3 unspecified atom stereocenters. The normalized spacial score (nSPS) is 13.9. The summed E-state index contributed by atoms with van der Waals surface area (Å²) in [6.45, 7) is 4.15. The van der Waals surface area contributed by atoms with Crippen LogP contribution >= 0.6 is 0 Å². The van der Waals surface area contributed by atoms with Crippen LogP contribution in [0.5, 0.6) is 0 Å². The second-order valence-corrected chi connectivity index (χ2v) is 15.6. The first-order valence-corrected chi connectivity index (χ1v) is 22.8. The highest BCUT2D eigenvalue weighted by Gasteiger charge is 2.26. The Kier molecular flexibility index (Phi) is 41.1. The molecule has 0 aliphatic carbocycles. The molecule has 4 N–H and O–H groups in total. The van der Waals surface area contributed by atoms with Crippen molar-refractivity contribution in [2.24, 2.45) is 0 Å². The minimum absolute atomic E-state index is 0.161. The summed E-state index contributed by atoms with van der Waals surface area (Å²) in [7, 11) is 0. The topological polar surface area (TPSA) is 89.8 Å². The van der Waals surface area contributed by atoms with E-state index in [4.69, 9.17) is 0 Å². The first kappa shape index (κ1) is 50.6. The number of carbonyl (C=O) groups excluding carboxylic acids is 1. The number of aliphatic hydroxyl groups is 3. The molecule has 0 rings (SSSR count). The van der Waals surface area contributed by atoms with Gasteiger partial charge in [-0.05, 0) is 77.0 Å². The van der Waals surface area contributed by atoms with Gasteiger partial charge in [0, 0.05) is 6.42 Å². The van der Waals surface area contributed by atoms with E-state index in [-0.39, 0.29) is 12.5 Å². The number of nitrogens with one attached hydrogen (secondary N) is 1. The van der Waals surface area contributed by atoms with Crippen molar-refractivity contribution < 1.29 is 20.1 Å². The lowest BCUT2D eigenvalue weighted by Crippen LogP contribution is -2.50. The van der Waals surface area contributed by atoms with Crippen LogP contribution in [-0.4, -0.2) is 46.1 Å². The molecule has 3 atom stereocenters. The van der Waals surface area contributed by atoms with Crippen molar-refractivity contribution in [3.8, 4) is 0 Å². The summed E-state index contributed by atoms with van der Waals surface area (Å²) in [6.07, 6.45) is 52.6. The highest BCUT2D eigenvalue weighted by Crippen LogP contribution is 2.15. The molecule has 0 aromatic carbocycles. The van der Waals surface area contributed by atoms with Gasteiger partial charge in [-0.15, -0.1) is 0 Å². The Morgan fingerprint density at radius 1 is 0.462 bits per heavy atom. The molecule has 5 nitrogen and oxygen atoms in total. The van der Waals surface area contributed by atoms with Gasteiger partial charge in [0.05, 0.1) is 18.8 Å². The predicted octanol–water partition coefficient (Wildman–Crippen LogP) is 13.2. The van der Waals surface area contributed by atoms with E-state index in [0.717, 1.165) is 44.9 Å². The number of allylic oxidation sites excluding steroid dienone is 6. The van der Waals surface area contributed by atoms with Gasteiger partial charge in [-0.2, -0.15) is 0 Å². The summed E-state index contributed by atoms with van der Waals surface area (Å²) in [5.41, 5.74) is 0. The molecule has 1 amide bonds. The molecule has 0 fully saturated rings. The number of rotatable bonds is 41. The third-order valence-electron chi connectivity index (χ3n) is 10.4. The largest absolute Gasteiger partial charge is 0.394 e. The van der Waals surface area contributed by atoms with Gasteiger partial charge in [0.2, 0.25) is 5.91 Å². The molecule has 0 saturated heterocycles. The number of hydrogen-bond acceptors (Lipinski definition) is 4. The highest BCUT2D eigenvalue weighted by atomic mass is 16.3. The van der Waals surface area contributed by atoms with Crippen LogP contribution in [0.2, 0.25) is 0 Å². The Balaban J connectivity index is 3.64. The van der Waals surface area contributed by atoms with Crippen LogP contribution in [0.3, 0.4) is 0 Å². The lowest BCUT2D eigenvalue weighted by molar-refractivity contribution is -0.124. The third kappa shape index (κ3) is 36.9. The zero-order valence-corrected chi connectivity index (χ0v) is 34.7.